The van der Waals surface area contributed by atoms with E-state index in [4.69, 9.17) is 20.6 Å². The van der Waals surface area contributed by atoms with Gasteiger partial charge in [-0.15, -0.1) is 0 Å². The van der Waals surface area contributed by atoms with Gasteiger partial charge >= 0.3 is 0 Å². The molecule has 1 aromatic carbocycles. The predicted molar refractivity (Wildman–Crippen MR) is 118 cm³/mol. The Balaban J connectivity index is 1.66. The molecule has 0 saturated heterocycles. The Morgan fingerprint density at radius 1 is 1.33 bits per heavy atom. The molecule has 4 rings (SSSR count). The molecule has 0 unspecified atom stereocenters. The van der Waals surface area contributed by atoms with Crippen LogP contribution in [0, 0.1) is 0 Å². The van der Waals surface area contributed by atoms with Crippen molar-refractivity contribution in [2.45, 2.75) is 19.3 Å². The summed E-state index contributed by atoms with van der Waals surface area (Å²) < 4.78 is 19.4. The third-order valence-corrected chi connectivity index (χ3v) is 5.40. The van der Waals surface area contributed by atoms with E-state index in [0.717, 1.165) is 16.8 Å². The predicted octanol–water partition coefficient (Wildman–Crippen LogP) is 3.54. The van der Waals surface area contributed by atoms with Crippen LogP contribution >= 0.6 is 12.1 Å². The number of nitrogens with two attached hydrogens (primary N) is 2. The second-order valence-electron chi connectivity index (χ2n) is 7.51. The van der Waals surface area contributed by atoms with Crippen LogP contribution in [-0.2, 0) is 5.41 Å². The number of rotatable bonds is 6. The number of ether oxygens (including phenoxy) is 1. The molecule has 0 spiro atoms. The highest BCUT2D eigenvalue weighted by Gasteiger charge is 2.29. The number of benzene rings is 1. The van der Waals surface area contributed by atoms with Gasteiger partial charge in [0.2, 0.25) is 5.91 Å². The second-order valence-corrected chi connectivity index (χ2v) is 8.08. The SMILES string of the molecule is CC(C)(COc1cccc2c1C(c1cc(N)co1)=NSN2)c1cnccc1C(N)=O. The molecule has 30 heavy (non-hydrogen) atoms. The highest BCUT2D eigenvalue weighted by atomic mass is 32.2. The summed E-state index contributed by atoms with van der Waals surface area (Å²) in [7, 11) is 0. The molecule has 0 aliphatic carbocycles. The Morgan fingerprint density at radius 3 is 2.90 bits per heavy atom. The van der Waals surface area contributed by atoms with Crippen molar-refractivity contribution in [2.75, 3.05) is 17.1 Å². The van der Waals surface area contributed by atoms with Gasteiger partial charge in [-0.1, -0.05) is 19.9 Å². The summed E-state index contributed by atoms with van der Waals surface area (Å²) in [6.07, 6.45) is 4.68. The van der Waals surface area contributed by atoms with Crippen molar-refractivity contribution >= 4 is 35.1 Å². The lowest BCUT2D eigenvalue weighted by Crippen LogP contribution is -2.30. The molecule has 154 valence electrons. The summed E-state index contributed by atoms with van der Waals surface area (Å²) in [6, 6.07) is 9.05. The van der Waals surface area contributed by atoms with Gasteiger partial charge in [-0.25, -0.2) is 0 Å². The second kappa shape index (κ2) is 7.75. The first-order valence-electron chi connectivity index (χ1n) is 9.22. The number of nitrogen functional groups attached to an aromatic ring is 1. The van der Waals surface area contributed by atoms with Gasteiger partial charge in [0.1, 0.15) is 17.7 Å². The van der Waals surface area contributed by atoms with Gasteiger partial charge < -0.3 is 25.3 Å². The summed E-state index contributed by atoms with van der Waals surface area (Å²) in [5.41, 5.74) is 14.8. The number of carbonyl (C=O) groups is 1. The summed E-state index contributed by atoms with van der Waals surface area (Å²) >= 11 is 1.21. The number of fused-ring (bicyclic) bond motifs is 1. The molecular formula is C21H21N5O3S. The van der Waals surface area contributed by atoms with Crippen molar-refractivity contribution in [3.63, 3.8) is 0 Å². The van der Waals surface area contributed by atoms with Crippen LogP contribution in [0.3, 0.4) is 0 Å². The maximum atomic E-state index is 11.8. The third-order valence-electron chi connectivity index (χ3n) is 4.81. The number of hydrogen-bond donors (Lipinski definition) is 3. The fourth-order valence-corrected chi connectivity index (χ4v) is 3.86. The third kappa shape index (κ3) is 3.71. The van der Waals surface area contributed by atoms with Crippen molar-refractivity contribution < 1.29 is 13.9 Å². The Bertz CT molecular complexity index is 1140. The average molecular weight is 423 g/mol. The number of carbonyl (C=O) groups excluding carboxylic acids is 1. The van der Waals surface area contributed by atoms with E-state index in [1.54, 1.807) is 24.5 Å². The van der Waals surface area contributed by atoms with E-state index in [9.17, 15) is 4.79 Å². The molecule has 3 aromatic rings. The van der Waals surface area contributed by atoms with E-state index in [1.165, 1.54) is 18.4 Å². The molecule has 0 fully saturated rings. The number of anilines is 2. The van der Waals surface area contributed by atoms with Crippen LogP contribution in [0.2, 0.25) is 0 Å². The standard InChI is InChI=1S/C21H21N5O3S/c1-21(2,14-9-24-7-6-13(14)20(23)27)11-29-16-5-3-4-15-18(16)19(26-30-25-15)17-8-12(22)10-28-17/h3-10,25H,11,22H2,1-2H3,(H2,23,27). The van der Waals surface area contributed by atoms with E-state index < -0.39 is 11.3 Å². The van der Waals surface area contributed by atoms with E-state index in [0.29, 0.717) is 28.5 Å². The summed E-state index contributed by atoms with van der Waals surface area (Å²) in [4.78, 5) is 16.0. The molecule has 0 radical (unpaired) electrons. The van der Waals surface area contributed by atoms with Crippen LogP contribution in [-0.4, -0.2) is 23.2 Å². The molecule has 9 heteroatoms. The monoisotopic (exact) mass is 423 g/mol. The number of nitrogens with zero attached hydrogens (tertiary/aromatic N) is 2. The summed E-state index contributed by atoms with van der Waals surface area (Å²) in [6.45, 7) is 4.24. The van der Waals surface area contributed by atoms with Crippen molar-refractivity contribution in [3.05, 3.63) is 71.4 Å². The number of primary amides is 1. The molecule has 0 bridgehead atoms. The van der Waals surface area contributed by atoms with E-state index in [1.807, 2.05) is 32.0 Å². The number of amides is 1. The van der Waals surface area contributed by atoms with Crippen molar-refractivity contribution in [1.82, 2.24) is 4.98 Å². The van der Waals surface area contributed by atoms with Gasteiger partial charge in [0, 0.05) is 29.4 Å². The van der Waals surface area contributed by atoms with E-state index in [2.05, 4.69) is 14.1 Å². The first-order valence-corrected chi connectivity index (χ1v) is 9.99. The number of furan rings is 1. The lowest BCUT2D eigenvalue weighted by atomic mass is 9.83. The zero-order valence-corrected chi connectivity index (χ0v) is 17.3. The first kappa shape index (κ1) is 19.8. The van der Waals surface area contributed by atoms with Crippen molar-refractivity contribution in [1.29, 1.82) is 0 Å². The fraction of sp³-hybridized carbons (Fsp3) is 0.190. The van der Waals surface area contributed by atoms with Gasteiger partial charge in [0.25, 0.3) is 0 Å². The average Bonchev–Trinajstić information content (AvgIpc) is 3.18. The Labute approximate surface area is 178 Å². The molecule has 8 nitrogen and oxygen atoms in total. The normalized spacial score (nSPS) is 13.2. The molecule has 3 heterocycles. The molecule has 1 aliphatic rings. The zero-order chi connectivity index (χ0) is 21.3. The largest absolute Gasteiger partial charge is 0.492 e. The van der Waals surface area contributed by atoms with Crippen molar-refractivity contribution in [2.24, 2.45) is 10.1 Å². The first-order chi connectivity index (χ1) is 14.4. The minimum atomic E-state index is -0.523. The van der Waals surface area contributed by atoms with Gasteiger partial charge in [-0.2, -0.15) is 4.40 Å². The van der Waals surface area contributed by atoms with Crippen LogP contribution in [0.5, 0.6) is 5.75 Å². The molecule has 0 atom stereocenters. The van der Waals surface area contributed by atoms with E-state index in [-0.39, 0.29) is 6.61 Å². The minimum absolute atomic E-state index is 0.288. The van der Waals surface area contributed by atoms with E-state index >= 15 is 0 Å². The lowest BCUT2D eigenvalue weighted by molar-refractivity contribution is 0.0997. The van der Waals surface area contributed by atoms with Crippen LogP contribution in [0.1, 0.15) is 41.1 Å². The van der Waals surface area contributed by atoms with Gasteiger partial charge in [0.05, 0.1) is 35.7 Å². The van der Waals surface area contributed by atoms with Crippen LogP contribution in [0.4, 0.5) is 11.4 Å². The molecule has 1 amide bonds. The Kier molecular flexibility index (Phi) is 5.13. The van der Waals surface area contributed by atoms with Gasteiger partial charge in [-0.05, 0) is 23.8 Å². The zero-order valence-electron chi connectivity index (χ0n) is 16.5. The number of nitrogens with one attached hydrogen (secondary N) is 1. The fourth-order valence-electron chi connectivity index (χ4n) is 3.27. The topological polar surface area (TPSA) is 129 Å². The molecule has 1 aliphatic heterocycles. The Hall–Kier alpha value is -3.46. The van der Waals surface area contributed by atoms with Crippen molar-refractivity contribution in [3.8, 4) is 5.75 Å². The van der Waals surface area contributed by atoms with Crippen LogP contribution < -0.4 is 20.9 Å². The highest BCUT2D eigenvalue weighted by Crippen LogP contribution is 2.37. The number of hydrogen-bond acceptors (Lipinski definition) is 8. The Morgan fingerprint density at radius 2 is 2.17 bits per heavy atom. The maximum absolute atomic E-state index is 11.8. The number of aromatic nitrogens is 1. The smallest absolute Gasteiger partial charge is 0.249 e. The quantitative estimate of drug-likeness (QED) is 0.517. The number of pyridine rings is 1. The lowest BCUT2D eigenvalue weighted by Gasteiger charge is -2.28. The summed E-state index contributed by atoms with van der Waals surface area (Å²) in [5, 5.41) is 0. The van der Waals surface area contributed by atoms with Gasteiger partial charge in [-0.3, -0.25) is 9.78 Å². The minimum Gasteiger partial charge on any atom is -0.492 e. The van der Waals surface area contributed by atoms with Crippen LogP contribution in [0.25, 0.3) is 0 Å². The van der Waals surface area contributed by atoms with Crippen LogP contribution in [0.15, 0.2) is 57.8 Å². The molecule has 0 saturated carbocycles. The molecule has 2 aromatic heterocycles. The highest BCUT2D eigenvalue weighted by molar-refractivity contribution is 7.99. The molecular weight excluding hydrogens is 402 g/mol. The van der Waals surface area contributed by atoms with Gasteiger partial charge in [0.15, 0.2) is 5.76 Å². The molecule has 5 N–H and O–H groups in total. The summed E-state index contributed by atoms with van der Waals surface area (Å²) in [5.74, 6) is 0.691. The maximum Gasteiger partial charge on any atom is 0.249 e.